The summed E-state index contributed by atoms with van der Waals surface area (Å²) in [6.07, 6.45) is 6.23. The van der Waals surface area contributed by atoms with E-state index in [1.54, 1.807) is 0 Å². The maximum Gasteiger partial charge on any atom is 0.0576 e. The number of benzene rings is 1. The molecule has 1 aliphatic rings. The minimum atomic E-state index is 0.491. The van der Waals surface area contributed by atoms with Gasteiger partial charge in [-0.25, -0.2) is 0 Å². The van der Waals surface area contributed by atoms with Crippen LogP contribution in [0.4, 0.5) is 0 Å². The summed E-state index contributed by atoms with van der Waals surface area (Å²) >= 11 is 0. The van der Waals surface area contributed by atoms with Crippen molar-refractivity contribution in [2.45, 2.75) is 31.6 Å². The fourth-order valence-electron chi connectivity index (χ4n) is 2.83. The summed E-state index contributed by atoms with van der Waals surface area (Å²) < 4.78 is 0. The topological polar surface area (TPSA) is 48.4 Å². The SMILES string of the molecule is O/N=C1/CCC[C@@H](c2c[nH]c3ccccc23)C1. The number of fused-ring (bicyclic) bond motifs is 1. The normalized spacial score (nSPS) is 23.3. The second-order valence-corrected chi connectivity index (χ2v) is 4.75. The minimum absolute atomic E-state index is 0.491. The lowest BCUT2D eigenvalue weighted by molar-refractivity contribution is 0.313. The maximum absolute atomic E-state index is 8.90. The van der Waals surface area contributed by atoms with E-state index in [-0.39, 0.29) is 0 Å². The second-order valence-electron chi connectivity index (χ2n) is 4.75. The highest BCUT2D eigenvalue weighted by molar-refractivity contribution is 5.88. The third kappa shape index (κ3) is 1.82. The molecule has 1 saturated carbocycles. The first-order chi connectivity index (χ1) is 8.38. The number of rotatable bonds is 1. The average molecular weight is 228 g/mol. The standard InChI is InChI=1S/C14H16N2O/c17-16-11-5-3-4-10(8-11)13-9-15-14-7-2-1-6-12(13)14/h1-2,6-7,9-10,15,17H,3-5,8H2/b16-11-/t10-/m1/s1. The van der Waals surface area contributed by atoms with Gasteiger partial charge in [0.15, 0.2) is 0 Å². The number of H-pyrrole nitrogens is 1. The van der Waals surface area contributed by atoms with Crippen LogP contribution in [0.5, 0.6) is 0 Å². The lowest BCUT2D eigenvalue weighted by Crippen LogP contribution is -2.13. The fraction of sp³-hybridized carbons (Fsp3) is 0.357. The lowest BCUT2D eigenvalue weighted by atomic mass is 9.83. The third-order valence-electron chi connectivity index (χ3n) is 3.70. The highest BCUT2D eigenvalue weighted by Crippen LogP contribution is 2.35. The zero-order valence-corrected chi connectivity index (χ0v) is 9.69. The fourth-order valence-corrected chi connectivity index (χ4v) is 2.83. The summed E-state index contributed by atoms with van der Waals surface area (Å²) in [4.78, 5) is 3.32. The first kappa shape index (κ1) is 10.4. The van der Waals surface area contributed by atoms with Crippen LogP contribution in [0.1, 0.15) is 37.2 Å². The number of hydrogen-bond acceptors (Lipinski definition) is 2. The monoisotopic (exact) mass is 228 g/mol. The molecule has 1 heterocycles. The molecule has 3 heteroatoms. The van der Waals surface area contributed by atoms with Gasteiger partial charge in [0.25, 0.3) is 0 Å². The predicted molar refractivity (Wildman–Crippen MR) is 68.7 cm³/mol. The van der Waals surface area contributed by atoms with Gasteiger partial charge < -0.3 is 10.2 Å². The van der Waals surface area contributed by atoms with Gasteiger partial charge in [-0.1, -0.05) is 23.4 Å². The first-order valence-corrected chi connectivity index (χ1v) is 6.14. The second kappa shape index (κ2) is 4.24. The molecular formula is C14H16N2O. The molecule has 88 valence electrons. The number of para-hydroxylation sites is 1. The Hall–Kier alpha value is -1.77. The molecule has 17 heavy (non-hydrogen) atoms. The van der Waals surface area contributed by atoms with E-state index in [9.17, 15) is 0 Å². The summed E-state index contributed by atoms with van der Waals surface area (Å²) in [7, 11) is 0. The van der Waals surface area contributed by atoms with Crippen LogP contribution in [0.15, 0.2) is 35.6 Å². The molecule has 0 unspecified atom stereocenters. The highest BCUT2D eigenvalue weighted by atomic mass is 16.4. The molecule has 0 bridgehead atoms. The Bertz CT molecular complexity index is 556. The zero-order chi connectivity index (χ0) is 11.7. The average Bonchev–Trinajstić information content (AvgIpc) is 2.82. The van der Waals surface area contributed by atoms with Crippen molar-refractivity contribution < 1.29 is 5.21 Å². The van der Waals surface area contributed by atoms with Gasteiger partial charge in [0.1, 0.15) is 0 Å². The van der Waals surface area contributed by atoms with Gasteiger partial charge in [-0.2, -0.15) is 0 Å². The Balaban J connectivity index is 1.98. The number of aromatic amines is 1. The van der Waals surface area contributed by atoms with Crippen LogP contribution in [-0.2, 0) is 0 Å². The summed E-state index contributed by atoms with van der Waals surface area (Å²) in [5.41, 5.74) is 3.49. The molecule has 0 saturated heterocycles. The van der Waals surface area contributed by atoms with Gasteiger partial charge in [0.2, 0.25) is 0 Å². The molecule has 1 atom stereocenters. The Morgan fingerprint density at radius 1 is 1.29 bits per heavy atom. The van der Waals surface area contributed by atoms with Crippen LogP contribution in [0.3, 0.4) is 0 Å². The van der Waals surface area contributed by atoms with Crippen LogP contribution >= 0.6 is 0 Å². The van der Waals surface area contributed by atoms with Crippen LogP contribution < -0.4 is 0 Å². The smallest absolute Gasteiger partial charge is 0.0576 e. The first-order valence-electron chi connectivity index (χ1n) is 6.14. The zero-order valence-electron chi connectivity index (χ0n) is 9.69. The van der Waals surface area contributed by atoms with Crippen molar-refractivity contribution in [3.05, 3.63) is 36.0 Å². The van der Waals surface area contributed by atoms with Crippen molar-refractivity contribution in [2.24, 2.45) is 5.16 Å². The van der Waals surface area contributed by atoms with E-state index < -0.39 is 0 Å². The molecule has 1 aliphatic carbocycles. The number of nitrogens with one attached hydrogen (secondary N) is 1. The molecule has 0 aliphatic heterocycles. The van der Waals surface area contributed by atoms with Crippen molar-refractivity contribution >= 4 is 16.6 Å². The van der Waals surface area contributed by atoms with Crippen molar-refractivity contribution in [1.82, 2.24) is 4.98 Å². The lowest BCUT2D eigenvalue weighted by Gasteiger charge is -2.22. The van der Waals surface area contributed by atoms with Gasteiger partial charge in [-0.05, 0) is 43.2 Å². The molecule has 3 rings (SSSR count). The molecule has 2 N–H and O–H groups in total. The van der Waals surface area contributed by atoms with Crippen molar-refractivity contribution in [3.8, 4) is 0 Å². The quantitative estimate of drug-likeness (QED) is 0.568. The van der Waals surface area contributed by atoms with Crippen LogP contribution in [0.25, 0.3) is 10.9 Å². The summed E-state index contributed by atoms with van der Waals surface area (Å²) in [6.45, 7) is 0. The van der Waals surface area contributed by atoms with Crippen LogP contribution in [0, 0.1) is 0 Å². The maximum atomic E-state index is 8.90. The highest BCUT2D eigenvalue weighted by Gasteiger charge is 2.22. The van der Waals surface area contributed by atoms with Gasteiger partial charge in [0.05, 0.1) is 5.71 Å². The Kier molecular flexibility index (Phi) is 2.59. The van der Waals surface area contributed by atoms with E-state index in [0.717, 1.165) is 25.0 Å². The third-order valence-corrected chi connectivity index (χ3v) is 3.70. The molecule has 2 aromatic rings. The number of oxime groups is 1. The van der Waals surface area contributed by atoms with Crippen molar-refractivity contribution in [1.29, 1.82) is 0 Å². The van der Waals surface area contributed by atoms with Gasteiger partial charge in [-0.15, -0.1) is 0 Å². The number of aromatic nitrogens is 1. The summed E-state index contributed by atoms with van der Waals surface area (Å²) in [5.74, 6) is 0.491. The van der Waals surface area contributed by atoms with Crippen molar-refractivity contribution in [3.63, 3.8) is 0 Å². The van der Waals surface area contributed by atoms with E-state index in [1.807, 2.05) is 6.07 Å². The predicted octanol–water partition coefficient (Wildman–Crippen LogP) is 3.66. The van der Waals surface area contributed by atoms with Gasteiger partial charge in [-0.3, -0.25) is 0 Å². The van der Waals surface area contributed by atoms with Crippen molar-refractivity contribution in [2.75, 3.05) is 0 Å². The molecule has 3 nitrogen and oxygen atoms in total. The molecule has 1 fully saturated rings. The molecular weight excluding hydrogens is 212 g/mol. The minimum Gasteiger partial charge on any atom is -0.411 e. The van der Waals surface area contributed by atoms with E-state index in [0.29, 0.717) is 5.92 Å². The summed E-state index contributed by atoms with van der Waals surface area (Å²) in [6, 6.07) is 8.38. The van der Waals surface area contributed by atoms with E-state index >= 15 is 0 Å². The molecule has 0 radical (unpaired) electrons. The molecule has 1 aromatic heterocycles. The van der Waals surface area contributed by atoms with Crippen LogP contribution in [0.2, 0.25) is 0 Å². The molecule has 0 amide bonds. The van der Waals surface area contributed by atoms with Gasteiger partial charge in [0, 0.05) is 17.1 Å². The largest absolute Gasteiger partial charge is 0.411 e. The number of hydrogen-bond donors (Lipinski definition) is 2. The van der Waals surface area contributed by atoms with Crippen LogP contribution in [-0.4, -0.2) is 15.9 Å². The Morgan fingerprint density at radius 2 is 2.18 bits per heavy atom. The molecule has 0 spiro atoms. The van der Waals surface area contributed by atoms with E-state index in [1.165, 1.54) is 22.9 Å². The Morgan fingerprint density at radius 3 is 3.06 bits per heavy atom. The number of nitrogens with zero attached hydrogens (tertiary/aromatic N) is 1. The molecule has 1 aromatic carbocycles. The summed E-state index contributed by atoms with van der Waals surface area (Å²) in [5, 5.41) is 13.6. The Labute approximate surface area is 100 Å². The van der Waals surface area contributed by atoms with Gasteiger partial charge >= 0.3 is 0 Å². The van der Waals surface area contributed by atoms with E-state index in [2.05, 4.69) is 34.5 Å². The van der Waals surface area contributed by atoms with E-state index in [4.69, 9.17) is 5.21 Å².